The number of nitrogen functional groups attached to an aromatic ring is 1. The Morgan fingerprint density at radius 1 is 1.35 bits per heavy atom. The second-order valence-corrected chi connectivity index (χ2v) is 3.48. The Morgan fingerprint density at radius 2 is 2.06 bits per heavy atom. The average molecular weight is 236 g/mol. The van der Waals surface area contributed by atoms with Crippen molar-refractivity contribution in [2.24, 2.45) is 0 Å². The quantitative estimate of drug-likeness (QED) is 0.701. The summed E-state index contributed by atoms with van der Waals surface area (Å²) in [5, 5.41) is 9.52. The van der Waals surface area contributed by atoms with Gasteiger partial charge < -0.3 is 25.3 Å². The molecule has 6 heteroatoms. The second kappa shape index (κ2) is 3.89. The normalized spacial score (nSPS) is 10.5. The molecule has 1 aromatic heterocycles. The molecule has 0 saturated heterocycles. The minimum absolute atomic E-state index is 0.0750. The molecule has 0 fully saturated rings. The maximum atomic E-state index is 10.9. The van der Waals surface area contributed by atoms with Crippen LogP contribution in [0.4, 0.5) is 5.69 Å². The summed E-state index contributed by atoms with van der Waals surface area (Å²) in [4.78, 5) is 13.6. The highest BCUT2D eigenvalue weighted by molar-refractivity contribution is 6.00. The van der Waals surface area contributed by atoms with Crippen molar-refractivity contribution in [3.63, 3.8) is 0 Å². The number of carbonyl (C=O) groups is 1. The van der Waals surface area contributed by atoms with Crippen molar-refractivity contribution in [1.82, 2.24) is 4.98 Å². The van der Waals surface area contributed by atoms with Crippen LogP contribution >= 0.6 is 0 Å². The molecule has 0 bridgehead atoms. The van der Waals surface area contributed by atoms with E-state index in [-0.39, 0.29) is 5.69 Å². The Labute approximate surface area is 96.9 Å². The zero-order chi connectivity index (χ0) is 12.6. The molecule has 0 aliphatic carbocycles. The summed E-state index contributed by atoms with van der Waals surface area (Å²) in [6, 6.07) is 3.12. The molecule has 0 spiro atoms. The lowest BCUT2D eigenvalue weighted by molar-refractivity contribution is 0.0691. The number of anilines is 1. The lowest BCUT2D eigenvalue weighted by atomic mass is 10.2. The monoisotopic (exact) mass is 236 g/mol. The molecule has 0 aliphatic heterocycles. The maximum Gasteiger partial charge on any atom is 0.352 e. The van der Waals surface area contributed by atoms with E-state index in [9.17, 15) is 4.79 Å². The summed E-state index contributed by atoms with van der Waals surface area (Å²) in [5.41, 5.74) is 6.87. The highest BCUT2D eigenvalue weighted by Gasteiger charge is 2.16. The molecule has 0 amide bonds. The van der Waals surface area contributed by atoms with Crippen molar-refractivity contribution < 1.29 is 19.4 Å². The molecule has 0 aliphatic rings. The van der Waals surface area contributed by atoms with Gasteiger partial charge in [-0.1, -0.05) is 0 Å². The van der Waals surface area contributed by atoms with Crippen LogP contribution in [0.5, 0.6) is 11.5 Å². The second-order valence-electron chi connectivity index (χ2n) is 3.48. The van der Waals surface area contributed by atoms with Crippen LogP contribution < -0.4 is 15.2 Å². The van der Waals surface area contributed by atoms with E-state index in [0.29, 0.717) is 28.1 Å². The van der Waals surface area contributed by atoms with Crippen molar-refractivity contribution in [2.45, 2.75) is 0 Å². The molecule has 0 atom stereocenters. The number of H-pyrrole nitrogens is 1. The van der Waals surface area contributed by atoms with Gasteiger partial charge in [0, 0.05) is 11.5 Å². The Hall–Kier alpha value is -2.37. The topological polar surface area (TPSA) is 97.6 Å². The van der Waals surface area contributed by atoms with Crippen LogP contribution in [-0.2, 0) is 0 Å². The number of rotatable bonds is 3. The lowest BCUT2D eigenvalue weighted by Gasteiger charge is -2.10. The van der Waals surface area contributed by atoms with Crippen LogP contribution in [0, 0.1) is 0 Å². The number of carboxylic acid groups (broad SMARTS) is 1. The van der Waals surface area contributed by atoms with Gasteiger partial charge in [-0.05, 0) is 6.07 Å². The smallest absolute Gasteiger partial charge is 0.352 e. The standard InChI is InChI=1S/C11H12N2O4/c1-16-8-4-6-5(10(17-2)9(8)12)3-7(13-6)11(14)15/h3-4,13H,12H2,1-2H3,(H,14,15). The van der Waals surface area contributed by atoms with E-state index in [1.807, 2.05) is 0 Å². The van der Waals surface area contributed by atoms with E-state index in [2.05, 4.69) is 4.98 Å². The van der Waals surface area contributed by atoms with Gasteiger partial charge in [-0.15, -0.1) is 0 Å². The molecule has 2 aromatic rings. The van der Waals surface area contributed by atoms with Crippen molar-refractivity contribution in [3.05, 3.63) is 17.8 Å². The molecule has 90 valence electrons. The van der Waals surface area contributed by atoms with E-state index >= 15 is 0 Å². The number of carboxylic acids is 1. The lowest BCUT2D eigenvalue weighted by Crippen LogP contribution is -1.96. The fraction of sp³-hybridized carbons (Fsp3) is 0.182. The summed E-state index contributed by atoms with van der Waals surface area (Å²) < 4.78 is 10.3. The first-order valence-electron chi connectivity index (χ1n) is 4.85. The van der Waals surface area contributed by atoms with Gasteiger partial charge in [-0.3, -0.25) is 0 Å². The zero-order valence-electron chi connectivity index (χ0n) is 9.40. The third kappa shape index (κ3) is 1.63. The molecule has 1 heterocycles. The van der Waals surface area contributed by atoms with Gasteiger partial charge in [0.25, 0.3) is 0 Å². The minimum atomic E-state index is -1.04. The number of ether oxygens (including phenoxy) is 2. The van der Waals surface area contributed by atoms with Gasteiger partial charge in [-0.25, -0.2) is 4.79 Å². The highest BCUT2D eigenvalue weighted by Crippen LogP contribution is 2.39. The first-order chi connectivity index (χ1) is 8.08. The molecule has 0 saturated carbocycles. The molecule has 17 heavy (non-hydrogen) atoms. The number of aromatic carboxylic acids is 1. The van der Waals surface area contributed by atoms with Crippen molar-refractivity contribution in [3.8, 4) is 11.5 Å². The number of hydrogen-bond donors (Lipinski definition) is 3. The van der Waals surface area contributed by atoms with Crippen molar-refractivity contribution >= 4 is 22.6 Å². The summed E-state index contributed by atoms with van der Waals surface area (Å²) >= 11 is 0. The number of nitrogens with two attached hydrogens (primary N) is 1. The molecular formula is C11H12N2O4. The van der Waals surface area contributed by atoms with E-state index in [0.717, 1.165) is 0 Å². The molecule has 4 N–H and O–H groups in total. The number of aromatic amines is 1. The minimum Gasteiger partial charge on any atom is -0.494 e. The first-order valence-corrected chi connectivity index (χ1v) is 4.85. The Kier molecular flexibility index (Phi) is 2.55. The van der Waals surface area contributed by atoms with E-state index in [1.54, 1.807) is 6.07 Å². The van der Waals surface area contributed by atoms with E-state index in [4.69, 9.17) is 20.3 Å². The fourth-order valence-corrected chi connectivity index (χ4v) is 1.74. The molecule has 2 rings (SSSR count). The van der Waals surface area contributed by atoms with Gasteiger partial charge in [0.05, 0.1) is 19.7 Å². The molecule has 1 aromatic carbocycles. The van der Waals surface area contributed by atoms with E-state index < -0.39 is 5.97 Å². The largest absolute Gasteiger partial charge is 0.494 e. The van der Waals surface area contributed by atoms with Gasteiger partial charge in [-0.2, -0.15) is 0 Å². The summed E-state index contributed by atoms with van der Waals surface area (Å²) in [5.74, 6) is -0.197. The van der Waals surface area contributed by atoms with Crippen LogP contribution in [0.1, 0.15) is 10.5 Å². The number of nitrogens with one attached hydrogen (secondary N) is 1. The molecule has 0 unspecified atom stereocenters. The number of fused-ring (bicyclic) bond motifs is 1. The highest BCUT2D eigenvalue weighted by atomic mass is 16.5. The summed E-state index contributed by atoms with van der Waals surface area (Å²) in [6.07, 6.45) is 0. The van der Waals surface area contributed by atoms with Crippen molar-refractivity contribution in [2.75, 3.05) is 20.0 Å². The first kappa shape index (κ1) is 11.1. The Morgan fingerprint density at radius 3 is 2.59 bits per heavy atom. The Bertz CT molecular complexity index is 589. The van der Waals surface area contributed by atoms with Gasteiger partial charge in [0.15, 0.2) is 5.75 Å². The third-order valence-corrected chi connectivity index (χ3v) is 2.53. The summed E-state index contributed by atoms with van der Waals surface area (Å²) in [6.45, 7) is 0. The predicted molar refractivity (Wildman–Crippen MR) is 62.8 cm³/mol. The fourth-order valence-electron chi connectivity index (χ4n) is 1.74. The predicted octanol–water partition coefficient (Wildman–Crippen LogP) is 1.47. The van der Waals surface area contributed by atoms with Crippen molar-refractivity contribution in [1.29, 1.82) is 0 Å². The number of hydrogen-bond acceptors (Lipinski definition) is 4. The zero-order valence-corrected chi connectivity index (χ0v) is 9.40. The number of aromatic nitrogens is 1. The third-order valence-electron chi connectivity index (χ3n) is 2.53. The summed E-state index contributed by atoms with van der Waals surface area (Å²) in [7, 11) is 2.95. The Balaban J connectivity index is 2.78. The van der Waals surface area contributed by atoms with Crippen LogP contribution in [0.3, 0.4) is 0 Å². The maximum absolute atomic E-state index is 10.9. The van der Waals surface area contributed by atoms with Crippen LogP contribution in [0.15, 0.2) is 12.1 Å². The average Bonchev–Trinajstić information content (AvgIpc) is 2.72. The SMILES string of the molecule is COc1cc2[nH]c(C(=O)O)cc2c(OC)c1N. The van der Waals surface area contributed by atoms with Crippen LogP contribution in [0.2, 0.25) is 0 Å². The van der Waals surface area contributed by atoms with E-state index in [1.165, 1.54) is 20.3 Å². The number of benzene rings is 1. The molecule has 6 nitrogen and oxygen atoms in total. The molecular weight excluding hydrogens is 224 g/mol. The van der Waals surface area contributed by atoms with Gasteiger partial charge >= 0.3 is 5.97 Å². The van der Waals surface area contributed by atoms with Crippen LogP contribution in [0.25, 0.3) is 10.9 Å². The van der Waals surface area contributed by atoms with Gasteiger partial charge in [0.2, 0.25) is 0 Å². The van der Waals surface area contributed by atoms with Crippen LogP contribution in [-0.4, -0.2) is 30.3 Å². The molecule has 0 radical (unpaired) electrons. The van der Waals surface area contributed by atoms with Gasteiger partial charge in [0.1, 0.15) is 17.1 Å². The number of methoxy groups -OCH3 is 2.